The molecule has 0 aliphatic heterocycles. The smallest absolute Gasteiger partial charge is 0.269 e. The van der Waals surface area contributed by atoms with Crippen molar-refractivity contribution in [2.24, 2.45) is 0 Å². The summed E-state index contributed by atoms with van der Waals surface area (Å²) < 4.78 is 5.55. The summed E-state index contributed by atoms with van der Waals surface area (Å²) in [6, 6.07) is 9.64. The van der Waals surface area contributed by atoms with Gasteiger partial charge in [-0.05, 0) is 51.0 Å². The Morgan fingerprint density at radius 3 is 2.17 bits per heavy atom. The molecule has 2 aromatic carbocycles. The average molecular weight is 328 g/mol. The summed E-state index contributed by atoms with van der Waals surface area (Å²) in [5.74, 6) is 0.129. The van der Waals surface area contributed by atoms with E-state index in [1.165, 1.54) is 24.3 Å². The molecule has 0 aliphatic rings. The van der Waals surface area contributed by atoms with Crippen LogP contribution in [0.5, 0.6) is 5.75 Å². The molecule has 0 spiro atoms. The van der Waals surface area contributed by atoms with Crippen LogP contribution >= 0.6 is 0 Å². The van der Waals surface area contributed by atoms with Crippen molar-refractivity contribution >= 4 is 17.3 Å². The van der Waals surface area contributed by atoms with Crippen LogP contribution in [0.4, 0.5) is 11.4 Å². The molecule has 0 saturated heterocycles. The minimum absolute atomic E-state index is 0.0228. The zero-order valence-corrected chi connectivity index (χ0v) is 14.1. The van der Waals surface area contributed by atoms with Gasteiger partial charge in [0.2, 0.25) is 0 Å². The van der Waals surface area contributed by atoms with Gasteiger partial charge in [-0.15, -0.1) is 0 Å². The Balaban J connectivity index is 2.06. The number of rotatable bonds is 5. The number of anilines is 1. The molecule has 0 aromatic heterocycles. The van der Waals surface area contributed by atoms with E-state index in [4.69, 9.17) is 4.74 Å². The Labute approximate surface area is 140 Å². The highest BCUT2D eigenvalue weighted by Gasteiger charge is 2.17. The van der Waals surface area contributed by atoms with Gasteiger partial charge in [-0.1, -0.05) is 17.7 Å². The summed E-state index contributed by atoms with van der Waals surface area (Å²) >= 11 is 0. The molecule has 0 saturated carbocycles. The molecule has 1 amide bonds. The minimum atomic E-state index is -0.730. The maximum Gasteiger partial charge on any atom is 0.269 e. The third-order valence-electron chi connectivity index (χ3n) is 3.65. The summed E-state index contributed by atoms with van der Waals surface area (Å²) in [4.78, 5) is 22.5. The second-order valence-corrected chi connectivity index (χ2v) is 5.77. The van der Waals surface area contributed by atoms with Crippen molar-refractivity contribution in [3.8, 4) is 5.75 Å². The fraction of sp³-hybridized carbons (Fsp3) is 0.278. The van der Waals surface area contributed by atoms with Crippen LogP contribution in [-0.2, 0) is 4.79 Å². The van der Waals surface area contributed by atoms with Gasteiger partial charge in [-0.2, -0.15) is 0 Å². The maximum atomic E-state index is 12.3. The van der Waals surface area contributed by atoms with Gasteiger partial charge in [0, 0.05) is 17.8 Å². The fourth-order valence-corrected chi connectivity index (χ4v) is 2.51. The molecule has 0 bridgehead atoms. The van der Waals surface area contributed by atoms with Crippen molar-refractivity contribution in [1.82, 2.24) is 0 Å². The van der Waals surface area contributed by atoms with Crippen LogP contribution in [0.2, 0.25) is 0 Å². The third-order valence-corrected chi connectivity index (χ3v) is 3.65. The first kappa shape index (κ1) is 17.5. The molecule has 2 aromatic rings. The second-order valence-electron chi connectivity index (χ2n) is 5.77. The van der Waals surface area contributed by atoms with Crippen molar-refractivity contribution in [3.05, 3.63) is 63.2 Å². The van der Waals surface area contributed by atoms with Crippen LogP contribution in [0.15, 0.2) is 36.4 Å². The molecule has 126 valence electrons. The number of nitro benzene ring substituents is 1. The van der Waals surface area contributed by atoms with Crippen LogP contribution in [0, 0.1) is 30.9 Å². The minimum Gasteiger partial charge on any atom is -0.481 e. The summed E-state index contributed by atoms with van der Waals surface area (Å²) in [6.07, 6.45) is -0.730. The van der Waals surface area contributed by atoms with Crippen LogP contribution in [0.1, 0.15) is 23.6 Å². The van der Waals surface area contributed by atoms with Gasteiger partial charge in [0.1, 0.15) is 5.75 Å². The lowest BCUT2D eigenvalue weighted by atomic mass is 10.0. The van der Waals surface area contributed by atoms with Gasteiger partial charge in [-0.25, -0.2) is 0 Å². The third kappa shape index (κ3) is 4.10. The van der Waals surface area contributed by atoms with E-state index in [2.05, 4.69) is 5.32 Å². The molecule has 0 fully saturated rings. The van der Waals surface area contributed by atoms with Crippen molar-refractivity contribution in [2.45, 2.75) is 33.8 Å². The van der Waals surface area contributed by atoms with Gasteiger partial charge in [0.15, 0.2) is 6.10 Å². The highest BCUT2D eigenvalue weighted by atomic mass is 16.6. The number of amides is 1. The molecule has 0 unspecified atom stereocenters. The van der Waals surface area contributed by atoms with E-state index in [1.807, 2.05) is 32.9 Å². The Hall–Kier alpha value is -2.89. The van der Waals surface area contributed by atoms with Crippen LogP contribution in [-0.4, -0.2) is 16.9 Å². The lowest BCUT2D eigenvalue weighted by Gasteiger charge is -2.17. The largest absolute Gasteiger partial charge is 0.481 e. The predicted octanol–water partition coefficient (Wildman–Crippen LogP) is 3.93. The lowest BCUT2D eigenvalue weighted by Crippen LogP contribution is -2.30. The van der Waals surface area contributed by atoms with Gasteiger partial charge in [0.25, 0.3) is 11.6 Å². The SMILES string of the molecule is Cc1cc(C)c(NC(=O)[C@H](C)Oc2ccc([N+](=O)[O-])cc2)c(C)c1. The molecular formula is C18H20N2O4. The standard InChI is InChI=1S/C18H20N2O4/c1-11-9-12(2)17(13(3)10-11)19-18(21)14(4)24-16-7-5-15(6-8-16)20(22)23/h5-10,14H,1-4H3,(H,19,21)/t14-/m0/s1. The highest BCUT2D eigenvalue weighted by molar-refractivity contribution is 5.95. The number of non-ortho nitro benzene ring substituents is 1. The first-order valence-corrected chi connectivity index (χ1v) is 7.57. The predicted molar refractivity (Wildman–Crippen MR) is 92.5 cm³/mol. The van der Waals surface area contributed by atoms with Crippen LogP contribution < -0.4 is 10.1 Å². The molecule has 0 aliphatic carbocycles. The van der Waals surface area contributed by atoms with E-state index in [-0.39, 0.29) is 11.6 Å². The topological polar surface area (TPSA) is 81.5 Å². The first-order chi connectivity index (χ1) is 11.3. The summed E-state index contributed by atoms with van der Waals surface area (Å²) in [7, 11) is 0. The van der Waals surface area contributed by atoms with E-state index < -0.39 is 11.0 Å². The van der Waals surface area contributed by atoms with Crippen molar-refractivity contribution in [2.75, 3.05) is 5.32 Å². The monoisotopic (exact) mass is 328 g/mol. The zero-order chi connectivity index (χ0) is 17.9. The van der Waals surface area contributed by atoms with Crippen molar-refractivity contribution in [3.63, 3.8) is 0 Å². The number of nitro groups is 1. The number of carbonyl (C=O) groups excluding carboxylic acids is 1. The fourth-order valence-electron chi connectivity index (χ4n) is 2.51. The molecule has 1 atom stereocenters. The quantitative estimate of drug-likeness (QED) is 0.666. The zero-order valence-electron chi connectivity index (χ0n) is 14.1. The average Bonchev–Trinajstić information content (AvgIpc) is 2.51. The Kier molecular flexibility index (Phi) is 5.18. The van der Waals surface area contributed by atoms with E-state index in [1.54, 1.807) is 6.92 Å². The second kappa shape index (κ2) is 7.12. The molecule has 0 radical (unpaired) electrons. The molecule has 24 heavy (non-hydrogen) atoms. The Morgan fingerprint density at radius 1 is 1.12 bits per heavy atom. The number of nitrogens with zero attached hydrogens (tertiary/aromatic N) is 1. The van der Waals surface area contributed by atoms with Gasteiger partial charge in [0.05, 0.1) is 4.92 Å². The Bertz CT molecular complexity index is 746. The van der Waals surface area contributed by atoms with E-state index >= 15 is 0 Å². The molecule has 1 N–H and O–H groups in total. The molecule has 6 heteroatoms. The summed E-state index contributed by atoms with van der Waals surface area (Å²) in [6.45, 7) is 7.52. The number of ether oxygens (including phenoxy) is 1. The number of nitrogens with one attached hydrogen (secondary N) is 1. The molecule has 6 nitrogen and oxygen atoms in total. The number of hydrogen-bond donors (Lipinski definition) is 1. The number of benzene rings is 2. The molecule has 2 rings (SSSR count). The van der Waals surface area contributed by atoms with Gasteiger partial charge < -0.3 is 10.1 Å². The number of hydrogen-bond acceptors (Lipinski definition) is 4. The number of aryl methyl sites for hydroxylation is 3. The Morgan fingerprint density at radius 2 is 1.67 bits per heavy atom. The van der Waals surface area contributed by atoms with Gasteiger partial charge >= 0.3 is 0 Å². The van der Waals surface area contributed by atoms with Gasteiger partial charge in [-0.3, -0.25) is 14.9 Å². The maximum absolute atomic E-state index is 12.3. The van der Waals surface area contributed by atoms with Crippen molar-refractivity contribution in [1.29, 1.82) is 0 Å². The molecular weight excluding hydrogens is 308 g/mol. The summed E-state index contributed by atoms with van der Waals surface area (Å²) in [5.41, 5.74) is 3.88. The highest BCUT2D eigenvalue weighted by Crippen LogP contribution is 2.23. The van der Waals surface area contributed by atoms with E-state index in [0.29, 0.717) is 5.75 Å². The van der Waals surface area contributed by atoms with Crippen molar-refractivity contribution < 1.29 is 14.5 Å². The first-order valence-electron chi connectivity index (χ1n) is 7.57. The normalized spacial score (nSPS) is 11.7. The lowest BCUT2D eigenvalue weighted by molar-refractivity contribution is -0.384. The van der Waals surface area contributed by atoms with Crippen LogP contribution in [0.3, 0.4) is 0 Å². The number of carbonyl (C=O) groups is 1. The van der Waals surface area contributed by atoms with Crippen LogP contribution in [0.25, 0.3) is 0 Å². The van der Waals surface area contributed by atoms with E-state index in [0.717, 1.165) is 22.4 Å². The summed E-state index contributed by atoms with van der Waals surface area (Å²) in [5, 5.41) is 13.5. The molecule has 0 heterocycles. The van der Waals surface area contributed by atoms with E-state index in [9.17, 15) is 14.9 Å².